The molecule has 21 heavy (non-hydrogen) atoms. The van der Waals surface area contributed by atoms with Crippen molar-refractivity contribution in [3.05, 3.63) is 47.7 Å². The van der Waals surface area contributed by atoms with Gasteiger partial charge in [0.15, 0.2) is 0 Å². The van der Waals surface area contributed by atoms with E-state index in [9.17, 15) is 13.2 Å². The van der Waals surface area contributed by atoms with Gasteiger partial charge < -0.3 is 4.74 Å². The Morgan fingerprint density at radius 1 is 1.24 bits per heavy atom. The average Bonchev–Trinajstić information content (AvgIpc) is 2.46. The van der Waals surface area contributed by atoms with E-state index in [2.05, 4.69) is 4.98 Å². The number of hydrogen-bond acceptors (Lipinski definition) is 3. The van der Waals surface area contributed by atoms with Crippen molar-refractivity contribution in [2.24, 2.45) is 0 Å². The summed E-state index contributed by atoms with van der Waals surface area (Å²) in [5, 5.41) is 8.85. The summed E-state index contributed by atoms with van der Waals surface area (Å²) in [6.07, 6.45) is -3.20. The van der Waals surface area contributed by atoms with Crippen LogP contribution in [0, 0.1) is 11.3 Å². The zero-order chi connectivity index (χ0) is 15.5. The highest BCUT2D eigenvalue weighted by Gasteiger charge is 2.33. The number of benzene rings is 1. The molecule has 0 aliphatic carbocycles. The Morgan fingerprint density at radius 3 is 2.57 bits per heavy atom. The minimum atomic E-state index is -4.47. The van der Waals surface area contributed by atoms with Crippen LogP contribution in [0.2, 0.25) is 0 Å². The first-order valence-electron chi connectivity index (χ1n) is 6.04. The molecule has 2 aromatic rings. The van der Waals surface area contributed by atoms with Crippen molar-refractivity contribution in [2.75, 3.05) is 7.11 Å². The summed E-state index contributed by atoms with van der Waals surface area (Å²) in [5.74, 6) is 0.258. The Balaban J connectivity index is 2.65. The summed E-state index contributed by atoms with van der Waals surface area (Å²) >= 11 is 0. The number of methoxy groups -OCH3 is 1. The molecule has 0 bridgehead atoms. The second-order valence-corrected chi connectivity index (χ2v) is 4.26. The van der Waals surface area contributed by atoms with Crippen molar-refractivity contribution in [1.29, 1.82) is 5.26 Å². The number of hydrogen-bond donors (Lipinski definition) is 0. The molecule has 0 fully saturated rings. The average molecular weight is 292 g/mol. The fraction of sp³-hybridized carbons (Fsp3) is 0.200. The minimum Gasteiger partial charge on any atom is -0.481 e. The normalized spacial score (nSPS) is 11.0. The SMILES string of the molecule is COc1cc(CC#N)c(-c2ccccc2C(F)(F)F)cn1. The van der Waals surface area contributed by atoms with Crippen molar-refractivity contribution in [1.82, 2.24) is 4.98 Å². The Kier molecular flexibility index (Phi) is 4.13. The smallest absolute Gasteiger partial charge is 0.417 e. The van der Waals surface area contributed by atoms with Crippen LogP contribution >= 0.6 is 0 Å². The Bertz CT molecular complexity index is 690. The first-order valence-corrected chi connectivity index (χ1v) is 6.04. The summed E-state index contributed by atoms with van der Waals surface area (Å²) in [4.78, 5) is 3.94. The predicted octanol–water partition coefficient (Wildman–Crippen LogP) is 3.84. The van der Waals surface area contributed by atoms with Crippen LogP contribution in [0.4, 0.5) is 13.2 Å². The van der Waals surface area contributed by atoms with Gasteiger partial charge in [0.25, 0.3) is 0 Å². The summed E-state index contributed by atoms with van der Waals surface area (Å²) in [6.45, 7) is 0. The third kappa shape index (κ3) is 3.14. The summed E-state index contributed by atoms with van der Waals surface area (Å²) in [5.41, 5.74) is -0.0205. The van der Waals surface area contributed by atoms with Gasteiger partial charge in [-0.1, -0.05) is 18.2 Å². The standard InChI is InChI=1S/C15H11F3N2O/c1-21-14-8-10(6-7-19)12(9-20-14)11-4-2-3-5-13(11)15(16,17)18/h2-5,8-9H,6H2,1H3. The maximum atomic E-state index is 13.1. The number of alkyl halides is 3. The van der Waals surface area contributed by atoms with E-state index in [1.54, 1.807) is 0 Å². The van der Waals surface area contributed by atoms with Gasteiger partial charge in [0.05, 0.1) is 25.2 Å². The van der Waals surface area contributed by atoms with Crippen LogP contribution in [0.25, 0.3) is 11.1 Å². The molecule has 0 spiro atoms. The van der Waals surface area contributed by atoms with Gasteiger partial charge in [-0.2, -0.15) is 18.4 Å². The second-order valence-electron chi connectivity index (χ2n) is 4.26. The number of halogens is 3. The van der Waals surface area contributed by atoms with E-state index in [0.29, 0.717) is 5.56 Å². The van der Waals surface area contributed by atoms with E-state index in [4.69, 9.17) is 10.00 Å². The fourth-order valence-corrected chi connectivity index (χ4v) is 2.03. The molecule has 1 heterocycles. The number of aromatic nitrogens is 1. The highest BCUT2D eigenvalue weighted by atomic mass is 19.4. The first kappa shape index (κ1) is 14.9. The van der Waals surface area contributed by atoms with Gasteiger partial charge in [0.2, 0.25) is 5.88 Å². The third-order valence-electron chi connectivity index (χ3n) is 2.97. The zero-order valence-electron chi connectivity index (χ0n) is 11.1. The highest BCUT2D eigenvalue weighted by Crippen LogP contribution is 2.38. The lowest BCUT2D eigenvalue weighted by molar-refractivity contribution is -0.137. The lowest BCUT2D eigenvalue weighted by atomic mass is 9.95. The van der Waals surface area contributed by atoms with E-state index in [1.165, 1.54) is 37.6 Å². The lowest BCUT2D eigenvalue weighted by Gasteiger charge is -2.15. The molecule has 0 saturated heterocycles. The molecule has 0 saturated carbocycles. The maximum absolute atomic E-state index is 13.1. The van der Waals surface area contributed by atoms with Gasteiger partial charge in [-0.25, -0.2) is 4.98 Å². The molecule has 1 aromatic carbocycles. The monoisotopic (exact) mass is 292 g/mol. The van der Waals surface area contributed by atoms with E-state index < -0.39 is 11.7 Å². The second kappa shape index (κ2) is 5.83. The molecule has 0 aliphatic rings. The Labute approximate surface area is 119 Å². The van der Waals surface area contributed by atoms with Crippen molar-refractivity contribution < 1.29 is 17.9 Å². The molecule has 2 rings (SSSR count). The number of nitrogens with zero attached hydrogens (tertiary/aromatic N) is 2. The number of rotatable bonds is 3. The molecule has 0 amide bonds. The van der Waals surface area contributed by atoms with Crippen molar-refractivity contribution in [2.45, 2.75) is 12.6 Å². The van der Waals surface area contributed by atoms with Gasteiger partial charge in [0, 0.05) is 17.8 Å². The van der Waals surface area contributed by atoms with E-state index in [0.717, 1.165) is 6.07 Å². The fourth-order valence-electron chi connectivity index (χ4n) is 2.03. The molecule has 3 nitrogen and oxygen atoms in total. The van der Waals surface area contributed by atoms with Crippen molar-refractivity contribution in [3.8, 4) is 23.1 Å². The molecular weight excluding hydrogens is 281 g/mol. The summed E-state index contributed by atoms with van der Waals surface area (Å²) < 4.78 is 44.2. The van der Waals surface area contributed by atoms with E-state index in [1.807, 2.05) is 6.07 Å². The molecule has 0 aliphatic heterocycles. The van der Waals surface area contributed by atoms with Crippen LogP contribution in [-0.4, -0.2) is 12.1 Å². The molecule has 0 N–H and O–H groups in total. The van der Waals surface area contributed by atoms with Crippen molar-refractivity contribution in [3.63, 3.8) is 0 Å². The van der Waals surface area contributed by atoms with Gasteiger partial charge in [0.1, 0.15) is 0 Å². The van der Waals surface area contributed by atoms with Gasteiger partial charge in [-0.05, 0) is 17.2 Å². The largest absolute Gasteiger partial charge is 0.481 e. The lowest BCUT2D eigenvalue weighted by Crippen LogP contribution is -2.08. The first-order chi connectivity index (χ1) is 9.97. The minimum absolute atomic E-state index is 0.00500. The summed E-state index contributed by atoms with van der Waals surface area (Å²) in [6, 6.07) is 8.64. The van der Waals surface area contributed by atoms with Crippen LogP contribution in [0.15, 0.2) is 36.5 Å². The van der Waals surface area contributed by atoms with Crippen LogP contribution in [0.3, 0.4) is 0 Å². The quantitative estimate of drug-likeness (QED) is 0.863. The predicted molar refractivity (Wildman–Crippen MR) is 70.5 cm³/mol. The summed E-state index contributed by atoms with van der Waals surface area (Å²) in [7, 11) is 1.40. The Morgan fingerprint density at radius 2 is 1.95 bits per heavy atom. The molecule has 1 aromatic heterocycles. The molecule has 0 radical (unpaired) electrons. The highest BCUT2D eigenvalue weighted by molar-refractivity contribution is 5.71. The molecular formula is C15H11F3N2O. The number of pyridine rings is 1. The number of nitriles is 1. The van der Waals surface area contributed by atoms with Crippen LogP contribution in [-0.2, 0) is 12.6 Å². The van der Waals surface area contributed by atoms with Gasteiger partial charge in [-0.15, -0.1) is 0 Å². The number of ether oxygens (including phenoxy) is 1. The van der Waals surface area contributed by atoms with E-state index >= 15 is 0 Å². The Hall–Kier alpha value is -2.55. The van der Waals surface area contributed by atoms with E-state index in [-0.39, 0.29) is 23.4 Å². The third-order valence-corrected chi connectivity index (χ3v) is 2.97. The van der Waals surface area contributed by atoms with Gasteiger partial charge >= 0.3 is 6.18 Å². The van der Waals surface area contributed by atoms with Crippen molar-refractivity contribution >= 4 is 0 Å². The topological polar surface area (TPSA) is 45.9 Å². The zero-order valence-corrected chi connectivity index (χ0v) is 11.1. The molecule has 0 atom stereocenters. The molecule has 108 valence electrons. The van der Waals surface area contributed by atoms with Crippen LogP contribution < -0.4 is 4.74 Å². The molecule has 6 heteroatoms. The van der Waals surface area contributed by atoms with Gasteiger partial charge in [-0.3, -0.25) is 0 Å². The molecule has 0 unspecified atom stereocenters. The maximum Gasteiger partial charge on any atom is 0.417 e. The van der Waals surface area contributed by atoms with Crippen LogP contribution in [0.1, 0.15) is 11.1 Å². The van der Waals surface area contributed by atoms with Crippen LogP contribution in [0.5, 0.6) is 5.88 Å².